The van der Waals surface area contributed by atoms with Crippen LogP contribution in [0, 0.1) is 11.8 Å². The first kappa shape index (κ1) is 15.4. The molecule has 2 heterocycles. The molecule has 1 N–H and O–H groups in total. The molecule has 1 aliphatic heterocycles. The lowest BCUT2D eigenvalue weighted by Gasteiger charge is -2.24. The number of likely N-dealkylation sites (tertiary alicyclic amines) is 1. The van der Waals surface area contributed by atoms with Crippen LogP contribution in [0.25, 0.3) is 0 Å². The largest absolute Gasteiger partial charge is 0.480 e. The molecule has 1 amide bonds. The average molecular weight is 313 g/mol. The smallest absolute Gasteiger partial charge is 0.326 e. The maximum absolute atomic E-state index is 12.3. The van der Waals surface area contributed by atoms with Gasteiger partial charge >= 0.3 is 5.97 Å². The van der Waals surface area contributed by atoms with E-state index >= 15 is 0 Å². The molecule has 6 heteroatoms. The normalized spacial score (nSPS) is 23.8. The van der Waals surface area contributed by atoms with E-state index in [2.05, 4.69) is 24.1 Å². The van der Waals surface area contributed by atoms with Gasteiger partial charge in [-0.05, 0) is 41.1 Å². The van der Waals surface area contributed by atoms with E-state index in [1.807, 2.05) is 5.38 Å². The number of hydrogen-bond donors (Lipinski definition) is 2. The Labute approximate surface area is 128 Å². The van der Waals surface area contributed by atoms with Gasteiger partial charge in [-0.15, -0.1) is 0 Å². The van der Waals surface area contributed by atoms with Crippen molar-refractivity contribution in [1.82, 2.24) is 4.90 Å². The van der Waals surface area contributed by atoms with E-state index in [0.717, 1.165) is 6.42 Å². The van der Waals surface area contributed by atoms with Gasteiger partial charge in [0.05, 0.1) is 0 Å². The highest BCUT2D eigenvalue weighted by Crippen LogP contribution is 2.28. The Morgan fingerprint density at radius 1 is 1.60 bits per heavy atom. The highest BCUT2D eigenvalue weighted by molar-refractivity contribution is 7.80. The maximum atomic E-state index is 12.3. The van der Waals surface area contributed by atoms with Gasteiger partial charge in [0, 0.05) is 18.2 Å². The molecule has 1 aliphatic rings. The number of amides is 1. The van der Waals surface area contributed by atoms with Gasteiger partial charge in [-0.25, -0.2) is 4.79 Å². The molecule has 0 bridgehead atoms. The standard InChI is InChI=1S/C14H19NO3S2/c1-9(7-19)13(16)15-6-11(5-12(15)14(17)18)4-10-2-3-20-8-10/h2-3,8-9,11-12,19H,4-7H2,1H3,(H,17,18)/t9?,11?,12-/m0/s1. The zero-order valence-electron chi connectivity index (χ0n) is 11.4. The van der Waals surface area contributed by atoms with Crippen molar-refractivity contribution in [2.75, 3.05) is 12.3 Å². The Bertz CT molecular complexity index is 475. The molecule has 0 radical (unpaired) electrons. The number of nitrogens with zero attached hydrogens (tertiary/aromatic N) is 1. The van der Waals surface area contributed by atoms with Crippen LogP contribution in [-0.4, -0.2) is 40.2 Å². The van der Waals surface area contributed by atoms with Crippen molar-refractivity contribution in [3.8, 4) is 0 Å². The molecule has 2 unspecified atom stereocenters. The summed E-state index contributed by atoms with van der Waals surface area (Å²) in [5.41, 5.74) is 1.22. The van der Waals surface area contributed by atoms with E-state index in [1.165, 1.54) is 10.5 Å². The summed E-state index contributed by atoms with van der Waals surface area (Å²) in [6.45, 7) is 2.32. The van der Waals surface area contributed by atoms with Crippen molar-refractivity contribution in [2.45, 2.75) is 25.8 Å². The number of carboxylic acid groups (broad SMARTS) is 1. The van der Waals surface area contributed by atoms with Crippen molar-refractivity contribution in [1.29, 1.82) is 0 Å². The summed E-state index contributed by atoms with van der Waals surface area (Å²) in [6, 6.07) is 1.37. The third kappa shape index (κ3) is 3.35. The van der Waals surface area contributed by atoms with Crippen molar-refractivity contribution in [2.24, 2.45) is 11.8 Å². The molecule has 1 saturated heterocycles. The minimum atomic E-state index is -0.905. The van der Waals surface area contributed by atoms with Gasteiger partial charge in [0.25, 0.3) is 0 Å². The van der Waals surface area contributed by atoms with Gasteiger partial charge in [-0.3, -0.25) is 4.79 Å². The number of carboxylic acids is 1. The molecule has 0 aliphatic carbocycles. The van der Waals surface area contributed by atoms with Crippen molar-refractivity contribution in [3.05, 3.63) is 22.4 Å². The monoisotopic (exact) mass is 313 g/mol. The fourth-order valence-electron chi connectivity index (χ4n) is 2.65. The van der Waals surface area contributed by atoms with Crippen LogP contribution in [0.2, 0.25) is 0 Å². The van der Waals surface area contributed by atoms with E-state index in [0.29, 0.717) is 18.7 Å². The summed E-state index contributed by atoms with van der Waals surface area (Å²) in [6.07, 6.45) is 1.38. The summed E-state index contributed by atoms with van der Waals surface area (Å²) in [5.74, 6) is -0.573. The lowest BCUT2D eigenvalue weighted by atomic mass is 9.98. The van der Waals surface area contributed by atoms with Crippen LogP contribution in [0.4, 0.5) is 0 Å². The number of thiophene rings is 1. The molecule has 4 nitrogen and oxygen atoms in total. The zero-order valence-corrected chi connectivity index (χ0v) is 13.1. The first-order valence-electron chi connectivity index (χ1n) is 6.68. The van der Waals surface area contributed by atoms with Crippen LogP contribution < -0.4 is 0 Å². The van der Waals surface area contributed by atoms with E-state index in [4.69, 9.17) is 0 Å². The third-order valence-corrected chi connectivity index (χ3v) is 5.04. The zero-order chi connectivity index (χ0) is 14.7. The van der Waals surface area contributed by atoms with Gasteiger partial charge < -0.3 is 10.0 Å². The molecular formula is C14H19NO3S2. The topological polar surface area (TPSA) is 57.6 Å². The number of thiol groups is 1. The molecule has 20 heavy (non-hydrogen) atoms. The van der Waals surface area contributed by atoms with Crippen molar-refractivity contribution >= 4 is 35.8 Å². The van der Waals surface area contributed by atoms with Crippen LogP contribution in [0.5, 0.6) is 0 Å². The number of carbonyl (C=O) groups excluding carboxylic acids is 1. The van der Waals surface area contributed by atoms with E-state index in [-0.39, 0.29) is 17.7 Å². The lowest BCUT2D eigenvalue weighted by Crippen LogP contribution is -2.43. The lowest BCUT2D eigenvalue weighted by molar-refractivity contribution is -0.149. The summed E-state index contributed by atoms with van der Waals surface area (Å²) >= 11 is 5.77. The van der Waals surface area contributed by atoms with Crippen LogP contribution in [-0.2, 0) is 16.0 Å². The fourth-order valence-corrected chi connectivity index (χ4v) is 3.49. The molecule has 3 atom stereocenters. The second-order valence-electron chi connectivity index (χ2n) is 5.37. The Morgan fingerprint density at radius 2 is 2.35 bits per heavy atom. The van der Waals surface area contributed by atoms with Crippen LogP contribution in [0.1, 0.15) is 18.9 Å². The molecule has 0 spiro atoms. The Balaban J connectivity index is 2.07. The Morgan fingerprint density at radius 3 is 2.90 bits per heavy atom. The molecule has 0 saturated carbocycles. The van der Waals surface area contributed by atoms with Crippen molar-refractivity contribution in [3.63, 3.8) is 0 Å². The predicted molar refractivity (Wildman–Crippen MR) is 82.3 cm³/mol. The third-order valence-electron chi connectivity index (χ3n) is 3.76. The Hall–Kier alpha value is -1.01. The second kappa shape index (κ2) is 6.63. The molecule has 1 fully saturated rings. The summed E-state index contributed by atoms with van der Waals surface area (Å²) in [7, 11) is 0. The number of rotatable bonds is 5. The van der Waals surface area contributed by atoms with Gasteiger partial charge in [0.2, 0.25) is 5.91 Å². The number of hydrogen-bond acceptors (Lipinski definition) is 4. The summed E-state index contributed by atoms with van der Waals surface area (Å²) in [5, 5.41) is 13.4. The second-order valence-corrected chi connectivity index (χ2v) is 6.51. The first-order chi connectivity index (χ1) is 9.52. The summed E-state index contributed by atoms with van der Waals surface area (Å²) in [4.78, 5) is 25.1. The molecular weight excluding hydrogens is 294 g/mol. The SMILES string of the molecule is CC(CS)C(=O)N1CC(Cc2ccsc2)C[C@H]1C(=O)O. The number of aliphatic carboxylic acids is 1. The van der Waals surface area contributed by atoms with Gasteiger partial charge in [-0.1, -0.05) is 6.92 Å². The summed E-state index contributed by atoms with van der Waals surface area (Å²) < 4.78 is 0. The van der Waals surface area contributed by atoms with Crippen LogP contribution in [0.15, 0.2) is 16.8 Å². The van der Waals surface area contributed by atoms with Crippen molar-refractivity contribution < 1.29 is 14.7 Å². The van der Waals surface area contributed by atoms with E-state index in [9.17, 15) is 14.7 Å². The molecule has 110 valence electrons. The highest BCUT2D eigenvalue weighted by atomic mass is 32.1. The van der Waals surface area contributed by atoms with Gasteiger partial charge in [0.1, 0.15) is 6.04 Å². The minimum Gasteiger partial charge on any atom is -0.480 e. The maximum Gasteiger partial charge on any atom is 0.326 e. The molecule has 1 aromatic rings. The minimum absolute atomic E-state index is 0.0970. The first-order valence-corrected chi connectivity index (χ1v) is 8.25. The molecule has 0 aromatic carbocycles. The highest BCUT2D eigenvalue weighted by Gasteiger charge is 2.40. The molecule has 1 aromatic heterocycles. The van der Waals surface area contributed by atoms with Gasteiger partial charge in [0.15, 0.2) is 0 Å². The fraction of sp³-hybridized carbons (Fsp3) is 0.571. The number of carbonyl (C=O) groups is 2. The van der Waals surface area contributed by atoms with Crippen LogP contribution >= 0.6 is 24.0 Å². The average Bonchev–Trinajstić information content (AvgIpc) is 3.06. The van der Waals surface area contributed by atoms with Crippen LogP contribution in [0.3, 0.4) is 0 Å². The molecule has 2 rings (SSSR count). The van der Waals surface area contributed by atoms with E-state index in [1.54, 1.807) is 18.3 Å². The predicted octanol–water partition coefficient (Wildman–Crippen LogP) is 2.16. The van der Waals surface area contributed by atoms with Gasteiger partial charge in [-0.2, -0.15) is 24.0 Å². The Kier molecular flexibility index (Phi) is 5.10. The quantitative estimate of drug-likeness (QED) is 0.819. The van der Waals surface area contributed by atoms with E-state index < -0.39 is 12.0 Å².